The Kier molecular flexibility index (Phi) is 3.51. The Morgan fingerprint density at radius 1 is 1.25 bits per heavy atom. The fraction of sp³-hybridized carbons (Fsp3) is 0.182. The lowest BCUT2D eigenvalue weighted by Gasteiger charge is -2.40. The number of allylic oxidation sites excluding steroid dienone is 1. The fourth-order valence-electron chi connectivity index (χ4n) is 1.42. The number of Topliss-reactive ketones (excluding diaryl/α,β-unsaturated/α-hetero) is 1. The van der Waals surface area contributed by atoms with E-state index in [1.807, 2.05) is 0 Å². The number of rotatable bonds is 5. The van der Waals surface area contributed by atoms with Gasteiger partial charge in [-0.25, -0.2) is 0 Å². The molecule has 0 saturated carbocycles. The smallest absolute Gasteiger partial charge is 0.310 e. The maximum atomic E-state index is 12.8. The zero-order valence-electron chi connectivity index (χ0n) is 10.4. The average molecular weight is 311 g/mol. The highest BCUT2D eigenvalue weighted by Crippen LogP contribution is 3.02. The quantitative estimate of drug-likeness (QED) is 0.468. The van der Waals surface area contributed by atoms with E-state index in [-0.39, 0.29) is 23.5 Å². The molecule has 0 aliphatic carbocycles. The monoisotopic (exact) mass is 311 g/mol. The Bertz CT molecular complexity index is 584. The van der Waals surface area contributed by atoms with Crippen LogP contribution >= 0.6 is 10.2 Å². The highest BCUT2D eigenvalue weighted by Gasteiger charge is 2.65. The number of hydrogen-bond acceptors (Lipinski definition) is 2. The topological polar surface area (TPSA) is 29.1 Å². The van der Waals surface area contributed by atoms with Crippen LogP contribution in [0.15, 0.2) is 35.4 Å². The molecule has 0 atom stereocenters. The SMILES string of the molecule is [B]CC(=O)c1cc(NC(=C)C)cc(S(F)(F)(F)(F)F)c1. The number of anilines is 1. The van der Waals surface area contributed by atoms with Gasteiger partial charge < -0.3 is 5.32 Å². The molecule has 1 N–H and O–H groups in total. The first kappa shape index (κ1) is 16.5. The third-order valence-electron chi connectivity index (χ3n) is 2.22. The fourth-order valence-corrected chi connectivity index (χ4v) is 2.12. The van der Waals surface area contributed by atoms with Gasteiger partial charge in [-0.1, -0.05) is 26.0 Å². The molecule has 1 rings (SSSR count). The summed E-state index contributed by atoms with van der Waals surface area (Å²) in [5, 5.41) is 2.37. The van der Waals surface area contributed by atoms with Crippen LogP contribution in [0.5, 0.6) is 0 Å². The van der Waals surface area contributed by atoms with Gasteiger partial charge in [-0.05, 0) is 31.4 Å². The molecule has 110 valence electrons. The molecule has 0 aromatic heterocycles. The van der Waals surface area contributed by atoms with Crippen LogP contribution in [-0.2, 0) is 0 Å². The first-order valence-electron chi connectivity index (χ1n) is 5.28. The zero-order valence-corrected chi connectivity index (χ0v) is 11.2. The van der Waals surface area contributed by atoms with E-state index in [0.29, 0.717) is 0 Å². The molecule has 0 spiro atoms. The summed E-state index contributed by atoms with van der Waals surface area (Å²) >= 11 is 0. The lowest BCUT2D eigenvalue weighted by atomic mass is 9.96. The van der Waals surface area contributed by atoms with Gasteiger partial charge in [0.1, 0.15) is 4.90 Å². The predicted octanol–water partition coefficient (Wildman–Crippen LogP) is 5.06. The second-order valence-corrected chi connectivity index (χ2v) is 6.66. The molecule has 0 fully saturated rings. The highest BCUT2D eigenvalue weighted by atomic mass is 32.5. The van der Waals surface area contributed by atoms with Gasteiger partial charge in [0.2, 0.25) is 0 Å². The van der Waals surface area contributed by atoms with Crippen LogP contribution in [0.2, 0.25) is 6.32 Å². The molecule has 0 bridgehead atoms. The first-order valence-corrected chi connectivity index (χ1v) is 7.23. The largest absolute Gasteiger partial charge is 0.360 e. The van der Waals surface area contributed by atoms with Crippen LogP contribution in [0.25, 0.3) is 0 Å². The number of carbonyl (C=O) groups is 1. The van der Waals surface area contributed by atoms with Gasteiger partial charge in [0.15, 0.2) is 5.78 Å². The lowest BCUT2D eigenvalue weighted by molar-refractivity contribution is 0.101. The van der Waals surface area contributed by atoms with Crippen LogP contribution in [0.3, 0.4) is 0 Å². The summed E-state index contributed by atoms with van der Waals surface area (Å²) in [6.07, 6.45) is -0.587. The second-order valence-electron chi connectivity index (χ2n) is 4.25. The van der Waals surface area contributed by atoms with Gasteiger partial charge in [0.25, 0.3) is 0 Å². The third-order valence-corrected chi connectivity index (χ3v) is 3.34. The maximum Gasteiger partial charge on any atom is 0.310 e. The van der Waals surface area contributed by atoms with E-state index in [1.165, 1.54) is 6.92 Å². The zero-order chi connectivity index (χ0) is 15.8. The molecule has 0 aliphatic rings. The van der Waals surface area contributed by atoms with E-state index < -0.39 is 32.8 Å². The minimum Gasteiger partial charge on any atom is -0.360 e. The number of nitrogens with one attached hydrogen (secondary N) is 1. The van der Waals surface area contributed by atoms with Crippen molar-refractivity contribution in [3.63, 3.8) is 0 Å². The summed E-state index contributed by atoms with van der Waals surface area (Å²) in [5.41, 5.74) is -0.613. The van der Waals surface area contributed by atoms with Gasteiger partial charge in [-0.2, -0.15) is 0 Å². The van der Waals surface area contributed by atoms with E-state index >= 15 is 0 Å². The number of benzene rings is 1. The summed E-state index contributed by atoms with van der Waals surface area (Å²) in [5.74, 6) is -0.876. The molecule has 0 aliphatic heterocycles. The Morgan fingerprint density at radius 3 is 2.20 bits per heavy atom. The second kappa shape index (κ2) is 4.24. The van der Waals surface area contributed by atoms with Crippen molar-refractivity contribution in [3.05, 3.63) is 36.0 Å². The minimum absolute atomic E-state index is 0.111. The summed E-state index contributed by atoms with van der Waals surface area (Å²) in [6.45, 7) is 4.82. The van der Waals surface area contributed by atoms with Gasteiger partial charge in [0, 0.05) is 16.9 Å². The van der Waals surface area contributed by atoms with Crippen LogP contribution in [0.4, 0.5) is 25.1 Å². The van der Waals surface area contributed by atoms with E-state index in [2.05, 4.69) is 11.9 Å². The van der Waals surface area contributed by atoms with Gasteiger partial charge >= 0.3 is 10.2 Å². The minimum atomic E-state index is -9.88. The highest BCUT2D eigenvalue weighted by molar-refractivity contribution is 8.45. The lowest BCUT2D eigenvalue weighted by Crippen LogP contribution is -2.09. The van der Waals surface area contributed by atoms with Crippen molar-refractivity contribution in [2.45, 2.75) is 18.1 Å². The van der Waals surface area contributed by atoms with Gasteiger partial charge in [-0.15, -0.1) is 0 Å². The van der Waals surface area contributed by atoms with Crippen molar-refractivity contribution in [1.29, 1.82) is 0 Å². The molecule has 1 aromatic carbocycles. The Balaban J connectivity index is 3.55. The summed E-state index contributed by atoms with van der Waals surface area (Å²) < 4.78 is 64.1. The van der Waals surface area contributed by atoms with Crippen LogP contribution < -0.4 is 5.32 Å². The van der Waals surface area contributed by atoms with E-state index in [0.717, 1.165) is 6.07 Å². The number of carbonyl (C=O) groups excluding carboxylic acids is 1. The van der Waals surface area contributed by atoms with Crippen molar-refractivity contribution in [2.75, 3.05) is 5.32 Å². The third kappa shape index (κ3) is 4.26. The average Bonchev–Trinajstić information content (AvgIpc) is 2.23. The summed E-state index contributed by atoms with van der Waals surface area (Å²) in [6, 6.07) is 1.36. The number of ketones is 1. The molecule has 9 heteroatoms. The molecular formula is C11H11BF5NOS. The molecule has 2 radical (unpaired) electrons. The predicted molar refractivity (Wildman–Crippen MR) is 71.2 cm³/mol. The van der Waals surface area contributed by atoms with Crippen molar-refractivity contribution >= 4 is 29.5 Å². The van der Waals surface area contributed by atoms with Crippen molar-refractivity contribution < 1.29 is 24.2 Å². The van der Waals surface area contributed by atoms with Crippen LogP contribution in [-0.4, -0.2) is 13.6 Å². The van der Waals surface area contributed by atoms with Gasteiger partial charge in [-0.3, -0.25) is 4.79 Å². The Morgan fingerprint density at radius 2 is 1.80 bits per heavy atom. The number of halogens is 5. The van der Waals surface area contributed by atoms with Crippen molar-refractivity contribution in [2.24, 2.45) is 0 Å². The molecule has 0 amide bonds. The molecule has 1 aromatic rings. The molecule has 0 unspecified atom stereocenters. The number of hydrogen-bond donors (Lipinski definition) is 1. The molecular weight excluding hydrogens is 300 g/mol. The van der Waals surface area contributed by atoms with Crippen molar-refractivity contribution in [3.8, 4) is 0 Å². The van der Waals surface area contributed by atoms with E-state index in [9.17, 15) is 24.2 Å². The van der Waals surface area contributed by atoms with Crippen LogP contribution in [0, 0.1) is 0 Å². The Labute approximate surface area is 114 Å². The summed E-state index contributed by atoms with van der Waals surface area (Å²) in [7, 11) is -4.85. The molecule has 2 nitrogen and oxygen atoms in total. The van der Waals surface area contributed by atoms with Crippen LogP contribution in [0.1, 0.15) is 17.3 Å². The van der Waals surface area contributed by atoms with Crippen molar-refractivity contribution in [1.82, 2.24) is 0 Å². The molecule has 20 heavy (non-hydrogen) atoms. The Hall–Kier alpha value is -1.51. The molecule has 0 saturated heterocycles. The summed E-state index contributed by atoms with van der Waals surface area (Å²) in [4.78, 5) is 9.22. The first-order chi connectivity index (χ1) is 8.72. The van der Waals surface area contributed by atoms with E-state index in [4.69, 9.17) is 7.85 Å². The van der Waals surface area contributed by atoms with Gasteiger partial charge in [0.05, 0.1) is 7.85 Å². The van der Waals surface area contributed by atoms with E-state index in [1.54, 1.807) is 0 Å². The normalized spacial score (nSPS) is 15.1. The maximum absolute atomic E-state index is 12.8. The standard InChI is InChI=1S/C11H11BF5NOS/c1-7(2)18-9-3-8(11(19)6-12)4-10(5-9)20(13,14,15,16)17/h3-5,18H,1,6H2,2H3. The molecule has 0 heterocycles.